The number of alkyl halides is 3. The van der Waals surface area contributed by atoms with E-state index in [0.29, 0.717) is 21.8 Å². The summed E-state index contributed by atoms with van der Waals surface area (Å²) in [5.74, 6) is -2.06. The maximum absolute atomic E-state index is 14.8. The second-order valence-corrected chi connectivity index (χ2v) is 10.1. The number of hydrogen-bond donors (Lipinski definition) is 1. The van der Waals surface area contributed by atoms with Gasteiger partial charge in [-0.15, -0.1) is 11.8 Å². The van der Waals surface area contributed by atoms with Gasteiger partial charge in [-0.05, 0) is 78.1 Å². The van der Waals surface area contributed by atoms with E-state index in [1.54, 1.807) is 61.5 Å². The summed E-state index contributed by atoms with van der Waals surface area (Å²) in [5.41, 5.74) is 1.43. The van der Waals surface area contributed by atoms with Gasteiger partial charge >= 0.3 is 12.1 Å². The molecule has 0 aliphatic rings. The largest absolute Gasteiger partial charge is 0.482 e. The number of carboxylic acids is 1. The summed E-state index contributed by atoms with van der Waals surface area (Å²) in [5, 5.41) is 8.25. The average molecular weight is 559 g/mol. The summed E-state index contributed by atoms with van der Waals surface area (Å²) in [4.78, 5) is 11.5. The van der Waals surface area contributed by atoms with E-state index < -0.39 is 40.9 Å². The number of aryl methyl sites for hydroxylation is 1. The third-order valence-electron chi connectivity index (χ3n) is 6.05. The van der Waals surface area contributed by atoms with E-state index in [2.05, 4.69) is 0 Å². The van der Waals surface area contributed by atoms with Gasteiger partial charge in [0.1, 0.15) is 17.4 Å². The number of rotatable bonds is 9. The molecule has 4 aromatic rings. The van der Waals surface area contributed by atoms with Crippen LogP contribution in [0.2, 0.25) is 0 Å². The highest BCUT2D eigenvalue weighted by molar-refractivity contribution is 7.99. The van der Waals surface area contributed by atoms with Gasteiger partial charge in [-0.25, -0.2) is 13.6 Å². The molecule has 0 saturated carbocycles. The van der Waals surface area contributed by atoms with Crippen molar-refractivity contribution in [2.45, 2.75) is 29.7 Å². The summed E-state index contributed by atoms with van der Waals surface area (Å²) in [6.45, 7) is 1.22. The lowest BCUT2D eigenvalue weighted by Gasteiger charge is -2.21. The lowest BCUT2D eigenvalue weighted by atomic mass is 9.97. The smallest absolute Gasteiger partial charge is 0.416 e. The van der Waals surface area contributed by atoms with Crippen LogP contribution in [0, 0.1) is 18.6 Å². The molecule has 3 nitrogen and oxygen atoms in total. The predicted octanol–water partition coefficient (Wildman–Crippen LogP) is 8.50. The second kappa shape index (κ2) is 11.9. The van der Waals surface area contributed by atoms with Gasteiger partial charge in [-0.2, -0.15) is 13.2 Å². The van der Waals surface area contributed by atoms with Crippen molar-refractivity contribution < 1.29 is 36.6 Å². The van der Waals surface area contributed by atoms with Gasteiger partial charge in [0, 0.05) is 15.7 Å². The minimum absolute atomic E-state index is 0.238. The van der Waals surface area contributed by atoms with Crippen LogP contribution in [0.4, 0.5) is 22.0 Å². The Bertz CT molecular complexity index is 1450. The van der Waals surface area contributed by atoms with Crippen LogP contribution in [0.1, 0.15) is 27.5 Å². The SMILES string of the molecule is Cc1cc(SC(Cc2c(F)cccc2C(F)(F)F)c2ccc(-c3ccc(F)cc3)cc2)ccc1OCC(=O)O. The van der Waals surface area contributed by atoms with Gasteiger partial charge in [-0.1, -0.05) is 42.5 Å². The molecule has 0 radical (unpaired) electrons. The molecule has 0 aliphatic carbocycles. The molecule has 4 rings (SSSR count). The molecule has 0 fully saturated rings. The maximum atomic E-state index is 14.8. The van der Waals surface area contributed by atoms with Crippen molar-refractivity contribution in [1.29, 1.82) is 0 Å². The summed E-state index contributed by atoms with van der Waals surface area (Å²) >= 11 is 1.26. The van der Waals surface area contributed by atoms with Gasteiger partial charge in [0.15, 0.2) is 6.61 Å². The predicted molar refractivity (Wildman–Crippen MR) is 140 cm³/mol. The van der Waals surface area contributed by atoms with Crippen LogP contribution >= 0.6 is 11.8 Å². The van der Waals surface area contributed by atoms with Crippen LogP contribution < -0.4 is 4.74 Å². The van der Waals surface area contributed by atoms with Crippen LogP contribution in [-0.2, 0) is 17.4 Å². The molecule has 0 heterocycles. The zero-order valence-corrected chi connectivity index (χ0v) is 21.5. The molecule has 1 N–H and O–H groups in total. The molecular formula is C30H23F5O3S. The number of thioether (sulfide) groups is 1. The Hall–Kier alpha value is -3.85. The zero-order chi connectivity index (χ0) is 28.2. The number of carbonyl (C=O) groups is 1. The summed E-state index contributed by atoms with van der Waals surface area (Å²) in [6, 6.07) is 21.0. The minimum Gasteiger partial charge on any atom is -0.482 e. The minimum atomic E-state index is -4.72. The van der Waals surface area contributed by atoms with Crippen LogP contribution in [0.5, 0.6) is 5.75 Å². The zero-order valence-electron chi connectivity index (χ0n) is 20.6. The highest BCUT2D eigenvalue weighted by atomic mass is 32.2. The first kappa shape index (κ1) is 28.2. The van der Waals surface area contributed by atoms with Gasteiger partial charge < -0.3 is 9.84 Å². The van der Waals surface area contributed by atoms with E-state index in [1.165, 1.54) is 23.9 Å². The molecule has 0 aromatic heterocycles. The first-order chi connectivity index (χ1) is 18.5. The van der Waals surface area contributed by atoms with E-state index in [0.717, 1.165) is 29.3 Å². The molecule has 39 heavy (non-hydrogen) atoms. The van der Waals surface area contributed by atoms with Crippen molar-refractivity contribution in [3.63, 3.8) is 0 Å². The lowest BCUT2D eigenvalue weighted by molar-refractivity contribution is -0.139. The van der Waals surface area contributed by atoms with Crippen molar-refractivity contribution in [2.75, 3.05) is 6.61 Å². The number of hydrogen-bond acceptors (Lipinski definition) is 3. The van der Waals surface area contributed by atoms with E-state index >= 15 is 0 Å². The molecular weight excluding hydrogens is 535 g/mol. The first-order valence-corrected chi connectivity index (χ1v) is 12.7. The highest BCUT2D eigenvalue weighted by Gasteiger charge is 2.35. The van der Waals surface area contributed by atoms with Crippen LogP contribution in [0.25, 0.3) is 11.1 Å². The maximum Gasteiger partial charge on any atom is 0.416 e. The number of halogens is 5. The van der Waals surface area contributed by atoms with Crippen molar-refractivity contribution in [3.05, 3.63) is 119 Å². The molecule has 0 bridgehead atoms. The Morgan fingerprint density at radius 3 is 2.15 bits per heavy atom. The fourth-order valence-electron chi connectivity index (χ4n) is 4.14. The van der Waals surface area contributed by atoms with E-state index in [4.69, 9.17) is 9.84 Å². The van der Waals surface area contributed by atoms with Crippen molar-refractivity contribution in [3.8, 4) is 16.9 Å². The monoisotopic (exact) mass is 558 g/mol. The molecule has 4 aromatic carbocycles. The fourth-order valence-corrected chi connectivity index (χ4v) is 5.40. The Morgan fingerprint density at radius 1 is 0.923 bits per heavy atom. The van der Waals surface area contributed by atoms with Gasteiger partial charge in [-0.3, -0.25) is 0 Å². The molecule has 0 spiro atoms. The van der Waals surface area contributed by atoms with Gasteiger partial charge in [0.25, 0.3) is 0 Å². The van der Waals surface area contributed by atoms with Crippen LogP contribution in [0.15, 0.2) is 89.8 Å². The van der Waals surface area contributed by atoms with Crippen molar-refractivity contribution in [1.82, 2.24) is 0 Å². The first-order valence-electron chi connectivity index (χ1n) is 11.8. The number of carboxylic acid groups (broad SMARTS) is 1. The third kappa shape index (κ3) is 7.17. The Balaban J connectivity index is 1.69. The molecule has 9 heteroatoms. The molecule has 1 atom stereocenters. The quantitative estimate of drug-likeness (QED) is 0.165. The number of ether oxygens (including phenoxy) is 1. The molecule has 202 valence electrons. The van der Waals surface area contributed by atoms with Gasteiger partial charge in [0.05, 0.1) is 5.56 Å². The van der Waals surface area contributed by atoms with E-state index in [9.17, 15) is 26.7 Å². The van der Waals surface area contributed by atoms with Gasteiger partial charge in [0.2, 0.25) is 0 Å². The topological polar surface area (TPSA) is 46.5 Å². The molecule has 0 amide bonds. The van der Waals surface area contributed by atoms with Crippen molar-refractivity contribution >= 4 is 17.7 Å². The summed E-state index contributed by atoms with van der Waals surface area (Å²) in [7, 11) is 0. The fraction of sp³-hybridized carbons (Fsp3) is 0.167. The number of benzene rings is 4. The lowest BCUT2D eigenvalue weighted by Crippen LogP contribution is -2.13. The van der Waals surface area contributed by atoms with Crippen LogP contribution in [0.3, 0.4) is 0 Å². The average Bonchev–Trinajstić information content (AvgIpc) is 2.88. The Labute approximate surface area is 226 Å². The third-order valence-corrected chi connectivity index (χ3v) is 7.30. The Morgan fingerprint density at radius 2 is 1.56 bits per heavy atom. The normalized spacial score (nSPS) is 12.3. The molecule has 0 aliphatic heterocycles. The second-order valence-electron chi connectivity index (χ2n) is 8.81. The number of aliphatic carboxylic acids is 1. The Kier molecular flexibility index (Phi) is 8.60. The van der Waals surface area contributed by atoms with E-state index in [-0.39, 0.29) is 12.2 Å². The summed E-state index contributed by atoms with van der Waals surface area (Å²) in [6.07, 6.45) is -4.96. The van der Waals surface area contributed by atoms with Crippen molar-refractivity contribution in [2.24, 2.45) is 0 Å². The highest BCUT2D eigenvalue weighted by Crippen LogP contribution is 2.43. The molecule has 0 saturated heterocycles. The van der Waals surface area contributed by atoms with E-state index in [1.807, 2.05) is 0 Å². The van der Waals surface area contributed by atoms with Crippen LogP contribution in [-0.4, -0.2) is 17.7 Å². The standard InChI is InChI=1S/C30H23F5O3S/c1-18-15-23(13-14-27(18)38-17-29(36)37)39-28(16-24-25(30(33,34)35)3-2-4-26(24)32)21-7-5-19(6-8-21)20-9-11-22(31)12-10-20/h2-15,28H,16-17H2,1H3,(H,36,37). The summed E-state index contributed by atoms with van der Waals surface area (Å²) < 4.78 is 74.6. The molecule has 1 unspecified atom stereocenters.